The van der Waals surface area contributed by atoms with Crippen LogP contribution in [0.5, 0.6) is 5.75 Å². The molecule has 1 saturated carbocycles. The zero-order chi connectivity index (χ0) is 14.5. The highest BCUT2D eigenvalue weighted by Crippen LogP contribution is 2.37. The minimum atomic E-state index is 0.434. The normalized spacial score (nSPS) is 19.5. The van der Waals surface area contributed by atoms with E-state index in [9.17, 15) is 0 Å². The topological polar surface area (TPSA) is 21.3 Å². The number of para-hydroxylation sites is 1. The zero-order valence-electron chi connectivity index (χ0n) is 13.1. The van der Waals surface area contributed by atoms with E-state index in [1.165, 1.54) is 49.0 Å². The highest BCUT2D eigenvalue weighted by molar-refractivity contribution is 7.99. The van der Waals surface area contributed by atoms with Crippen molar-refractivity contribution in [1.29, 1.82) is 0 Å². The van der Waals surface area contributed by atoms with Crippen molar-refractivity contribution in [3.8, 4) is 5.75 Å². The Morgan fingerprint density at radius 3 is 3.00 bits per heavy atom. The number of rotatable bonds is 7. The van der Waals surface area contributed by atoms with E-state index in [1.807, 2.05) is 0 Å². The predicted octanol–water partition coefficient (Wildman–Crippen LogP) is 4.34. The summed E-state index contributed by atoms with van der Waals surface area (Å²) in [6.07, 6.45) is 7.92. The summed E-state index contributed by atoms with van der Waals surface area (Å²) in [6.45, 7) is 4.17. The van der Waals surface area contributed by atoms with Crippen molar-refractivity contribution in [2.75, 3.05) is 18.9 Å². The van der Waals surface area contributed by atoms with Crippen LogP contribution in [0.1, 0.15) is 56.2 Å². The number of thioether (sulfide) groups is 1. The van der Waals surface area contributed by atoms with Gasteiger partial charge in [-0.3, -0.25) is 0 Å². The van der Waals surface area contributed by atoms with E-state index < -0.39 is 0 Å². The lowest BCUT2D eigenvalue weighted by Crippen LogP contribution is -2.25. The molecule has 3 rings (SSSR count). The van der Waals surface area contributed by atoms with Crippen molar-refractivity contribution in [3.63, 3.8) is 0 Å². The number of hydrogen-bond acceptors (Lipinski definition) is 3. The second kappa shape index (κ2) is 7.55. The molecule has 1 aliphatic carbocycles. The predicted molar refractivity (Wildman–Crippen MR) is 91.4 cm³/mol. The van der Waals surface area contributed by atoms with Crippen LogP contribution >= 0.6 is 11.8 Å². The highest BCUT2D eigenvalue weighted by Gasteiger charge is 2.23. The summed E-state index contributed by atoms with van der Waals surface area (Å²) in [5.41, 5.74) is 2.77. The molecule has 1 heterocycles. The third-order valence-electron chi connectivity index (χ3n) is 4.56. The summed E-state index contributed by atoms with van der Waals surface area (Å²) in [4.78, 5) is 0. The van der Waals surface area contributed by atoms with E-state index in [0.717, 1.165) is 30.6 Å². The van der Waals surface area contributed by atoms with Gasteiger partial charge in [0.2, 0.25) is 0 Å². The molecule has 0 amide bonds. The third kappa shape index (κ3) is 3.75. The van der Waals surface area contributed by atoms with Gasteiger partial charge in [-0.2, -0.15) is 11.8 Å². The molecule has 1 aliphatic heterocycles. The molecule has 1 aromatic rings. The molecule has 0 radical (unpaired) electrons. The van der Waals surface area contributed by atoms with Gasteiger partial charge in [-0.05, 0) is 31.4 Å². The standard InChI is InChI=1S/C18H27NOS/c1-2-11-19-17(13-21-15-7-3-4-8-15)16-9-5-6-14-10-12-20-18(14)16/h5-6,9,15,17,19H,2-4,7-8,10-13H2,1H3. The Labute approximate surface area is 133 Å². The molecule has 116 valence electrons. The maximum Gasteiger partial charge on any atom is 0.127 e. The van der Waals surface area contributed by atoms with Crippen molar-refractivity contribution >= 4 is 11.8 Å². The van der Waals surface area contributed by atoms with Crippen molar-refractivity contribution in [3.05, 3.63) is 29.3 Å². The minimum Gasteiger partial charge on any atom is -0.493 e. The molecule has 2 nitrogen and oxygen atoms in total. The van der Waals surface area contributed by atoms with E-state index in [0.29, 0.717) is 6.04 Å². The molecule has 1 unspecified atom stereocenters. The van der Waals surface area contributed by atoms with Crippen molar-refractivity contribution in [2.45, 2.75) is 56.7 Å². The SMILES string of the molecule is CCCNC(CSC1CCCC1)c1cccc2c1OCC2. The van der Waals surface area contributed by atoms with Crippen LogP contribution in [0.15, 0.2) is 18.2 Å². The molecule has 21 heavy (non-hydrogen) atoms. The Bertz CT molecular complexity index is 457. The monoisotopic (exact) mass is 305 g/mol. The molecule has 0 saturated heterocycles. The minimum absolute atomic E-state index is 0.434. The average molecular weight is 305 g/mol. The quantitative estimate of drug-likeness (QED) is 0.810. The van der Waals surface area contributed by atoms with Crippen molar-refractivity contribution in [2.24, 2.45) is 0 Å². The summed E-state index contributed by atoms with van der Waals surface area (Å²) < 4.78 is 5.91. The Balaban J connectivity index is 1.70. The molecule has 1 N–H and O–H groups in total. The fourth-order valence-electron chi connectivity index (χ4n) is 3.38. The second-order valence-corrected chi connectivity index (χ2v) is 7.51. The van der Waals surface area contributed by atoms with E-state index in [4.69, 9.17) is 4.74 Å². The van der Waals surface area contributed by atoms with Gasteiger partial charge in [0.15, 0.2) is 0 Å². The van der Waals surface area contributed by atoms with Gasteiger partial charge in [0.05, 0.1) is 6.61 Å². The van der Waals surface area contributed by atoms with Gasteiger partial charge in [0.1, 0.15) is 5.75 Å². The fourth-order valence-corrected chi connectivity index (χ4v) is 4.81. The third-order valence-corrected chi connectivity index (χ3v) is 6.03. The molecule has 0 spiro atoms. The number of ether oxygens (including phenoxy) is 1. The Morgan fingerprint density at radius 2 is 2.19 bits per heavy atom. The van der Waals surface area contributed by atoms with Crippen LogP contribution in [-0.2, 0) is 6.42 Å². The van der Waals surface area contributed by atoms with Crippen LogP contribution in [-0.4, -0.2) is 24.2 Å². The first kappa shape index (κ1) is 15.2. The van der Waals surface area contributed by atoms with E-state index >= 15 is 0 Å². The first-order chi connectivity index (χ1) is 10.4. The molecular formula is C18H27NOS. The van der Waals surface area contributed by atoms with Gasteiger partial charge in [0, 0.05) is 29.0 Å². The van der Waals surface area contributed by atoms with Crippen LogP contribution in [0, 0.1) is 0 Å². The fraction of sp³-hybridized carbons (Fsp3) is 0.667. The Hall–Kier alpha value is -0.670. The maximum absolute atomic E-state index is 5.91. The molecule has 0 aromatic heterocycles. The number of hydrogen-bond donors (Lipinski definition) is 1. The lowest BCUT2D eigenvalue weighted by atomic mass is 10.0. The lowest BCUT2D eigenvalue weighted by molar-refractivity contribution is 0.349. The maximum atomic E-state index is 5.91. The summed E-state index contributed by atoms with van der Waals surface area (Å²) >= 11 is 2.16. The van der Waals surface area contributed by atoms with E-state index in [2.05, 4.69) is 42.2 Å². The average Bonchev–Trinajstić information content (AvgIpc) is 3.18. The molecule has 3 heteroatoms. The van der Waals surface area contributed by atoms with Gasteiger partial charge in [0.25, 0.3) is 0 Å². The molecule has 1 atom stereocenters. The molecule has 1 fully saturated rings. The highest BCUT2D eigenvalue weighted by atomic mass is 32.2. The summed E-state index contributed by atoms with van der Waals surface area (Å²) in [5, 5.41) is 4.62. The molecule has 0 bridgehead atoms. The van der Waals surface area contributed by atoms with Gasteiger partial charge < -0.3 is 10.1 Å². The van der Waals surface area contributed by atoms with Crippen molar-refractivity contribution < 1.29 is 4.74 Å². The molecular weight excluding hydrogens is 278 g/mol. The summed E-state index contributed by atoms with van der Waals surface area (Å²) in [5.74, 6) is 2.34. The first-order valence-electron chi connectivity index (χ1n) is 8.48. The van der Waals surface area contributed by atoms with Crippen molar-refractivity contribution in [1.82, 2.24) is 5.32 Å². The smallest absolute Gasteiger partial charge is 0.127 e. The van der Waals surface area contributed by atoms with Crippen LogP contribution in [0.2, 0.25) is 0 Å². The number of nitrogens with one attached hydrogen (secondary N) is 1. The lowest BCUT2D eigenvalue weighted by Gasteiger charge is -2.22. The van der Waals surface area contributed by atoms with E-state index in [-0.39, 0.29) is 0 Å². The van der Waals surface area contributed by atoms with Crippen LogP contribution in [0.4, 0.5) is 0 Å². The second-order valence-electron chi connectivity index (χ2n) is 6.18. The van der Waals surface area contributed by atoms with Gasteiger partial charge in [-0.15, -0.1) is 0 Å². The van der Waals surface area contributed by atoms with Gasteiger partial charge in [-0.25, -0.2) is 0 Å². The Kier molecular flexibility index (Phi) is 5.48. The molecule has 1 aromatic carbocycles. The Morgan fingerprint density at radius 1 is 1.33 bits per heavy atom. The van der Waals surface area contributed by atoms with Gasteiger partial charge in [-0.1, -0.05) is 38.0 Å². The number of fused-ring (bicyclic) bond motifs is 1. The molecule has 2 aliphatic rings. The van der Waals surface area contributed by atoms with Crippen LogP contribution in [0.3, 0.4) is 0 Å². The van der Waals surface area contributed by atoms with Crippen LogP contribution < -0.4 is 10.1 Å². The summed E-state index contributed by atoms with van der Waals surface area (Å²) in [6, 6.07) is 7.10. The largest absolute Gasteiger partial charge is 0.493 e. The summed E-state index contributed by atoms with van der Waals surface area (Å²) in [7, 11) is 0. The van der Waals surface area contributed by atoms with Gasteiger partial charge >= 0.3 is 0 Å². The van der Waals surface area contributed by atoms with Crippen LogP contribution in [0.25, 0.3) is 0 Å². The van der Waals surface area contributed by atoms with E-state index in [1.54, 1.807) is 0 Å². The first-order valence-corrected chi connectivity index (χ1v) is 9.53. The number of benzene rings is 1. The zero-order valence-corrected chi connectivity index (χ0v) is 13.9.